The molecule has 15 heavy (non-hydrogen) atoms. The zero-order chi connectivity index (χ0) is 10.3. The zero-order valence-corrected chi connectivity index (χ0v) is 9.00. The van der Waals surface area contributed by atoms with E-state index in [1.807, 2.05) is 18.2 Å². The molecule has 1 aliphatic rings. The van der Waals surface area contributed by atoms with Gasteiger partial charge in [0.05, 0.1) is 0 Å². The third kappa shape index (κ3) is 3.42. The van der Waals surface area contributed by atoms with Crippen molar-refractivity contribution < 1.29 is 0 Å². The van der Waals surface area contributed by atoms with Crippen LogP contribution >= 0.6 is 0 Å². The summed E-state index contributed by atoms with van der Waals surface area (Å²) in [5, 5.41) is 3.42. The van der Waals surface area contributed by atoms with Crippen molar-refractivity contribution in [1.82, 2.24) is 5.32 Å². The van der Waals surface area contributed by atoms with Gasteiger partial charge < -0.3 is 5.32 Å². The standard InChI is InChI=1S/C14H17N/c1-2-6-13(7-3-1)8-4-9-14-10-5-11-15-12-14/h1-3,6-7,14-15H,5,9-12H2. The predicted molar refractivity (Wildman–Crippen MR) is 63.5 cm³/mol. The van der Waals surface area contributed by atoms with Gasteiger partial charge in [0.1, 0.15) is 0 Å². The third-order valence-corrected chi connectivity index (χ3v) is 2.80. The van der Waals surface area contributed by atoms with Crippen LogP contribution in [0.2, 0.25) is 0 Å². The highest BCUT2D eigenvalue weighted by molar-refractivity contribution is 5.33. The number of hydrogen-bond donors (Lipinski definition) is 1. The number of piperidine rings is 1. The van der Waals surface area contributed by atoms with Crippen molar-refractivity contribution in [3.05, 3.63) is 35.9 Å². The lowest BCUT2D eigenvalue weighted by molar-refractivity contribution is 0.384. The highest BCUT2D eigenvalue weighted by Crippen LogP contribution is 2.12. The van der Waals surface area contributed by atoms with E-state index < -0.39 is 0 Å². The van der Waals surface area contributed by atoms with Crippen LogP contribution in [0.1, 0.15) is 24.8 Å². The Hall–Kier alpha value is -1.26. The quantitative estimate of drug-likeness (QED) is 0.685. The van der Waals surface area contributed by atoms with Crippen LogP contribution in [0, 0.1) is 17.8 Å². The van der Waals surface area contributed by atoms with E-state index in [4.69, 9.17) is 0 Å². The average Bonchev–Trinajstić information content (AvgIpc) is 2.32. The lowest BCUT2D eigenvalue weighted by Crippen LogP contribution is -2.29. The molecule has 0 aliphatic carbocycles. The Balaban J connectivity index is 1.84. The molecule has 1 fully saturated rings. The molecule has 78 valence electrons. The Morgan fingerprint density at radius 2 is 2.13 bits per heavy atom. The minimum Gasteiger partial charge on any atom is -0.316 e. The molecule has 1 nitrogen and oxygen atoms in total. The molecule has 0 radical (unpaired) electrons. The molecule has 1 aliphatic heterocycles. The summed E-state index contributed by atoms with van der Waals surface area (Å²) < 4.78 is 0. The molecule has 1 unspecified atom stereocenters. The van der Waals surface area contributed by atoms with E-state index in [-0.39, 0.29) is 0 Å². The molecule has 2 rings (SSSR count). The molecular formula is C14H17N. The summed E-state index contributed by atoms with van der Waals surface area (Å²) in [7, 11) is 0. The van der Waals surface area contributed by atoms with Crippen LogP contribution in [0.4, 0.5) is 0 Å². The van der Waals surface area contributed by atoms with E-state index in [1.54, 1.807) is 0 Å². The predicted octanol–water partition coefficient (Wildman–Crippen LogP) is 2.43. The van der Waals surface area contributed by atoms with Crippen LogP contribution in [-0.2, 0) is 0 Å². The van der Waals surface area contributed by atoms with Gasteiger partial charge >= 0.3 is 0 Å². The summed E-state index contributed by atoms with van der Waals surface area (Å²) in [4.78, 5) is 0. The van der Waals surface area contributed by atoms with Crippen molar-refractivity contribution in [2.45, 2.75) is 19.3 Å². The maximum Gasteiger partial charge on any atom is 0.0245 e. The van der Waals surface area contributed by atoms with Gasteiger partial charge in [-0.25, -0.2) is 0 Å². The van der Waals surface area contributed by atoms with E-state index in [2.05, 4.69) is 29.3 Å². The number of nitrogens with one attached hydrogen (secondary N) is 1. The molecule has 1 aromatic rings. The summed E-state index contributed by atoms with van der Waals surface area (Å²) in [6, 6.07) is 10.2. The Morgan fingerprint density at radius 3 is 2.87 bits per heavy atom. The number of benzene rings is 1. The Bertz CT molecular complexity index is 339. The van der Waals surface area contributed by atoms with E-state index in [1.165, 1.54) is 19.4 Å². The molecule has 0 aromatic heterocycles. The van der Waals surface area contributed by atoms with Crippen LogP contribution in [0.3, 0.4) is 0 Å². The van der Waals surface area contributed by atoms with Gasteiger partial charge in [0.15, 0.2) is 0 Å². The van der Waals surface area contributed by atoms with Crippen molar-refractivity contribution >= 4 is 0 Å². The van der Waals surface area contributed by atoms with Crippen LogP contribution in [0.5, 0.6) is 0 Å². The van der Waals surface area contributed by atoms with Crippen LogP contribution in [-0.4, -0.2) is 13.1 Å². The van der Waals surface area contributed by atoms with Gasteiger partial charge in [-0.15, -0.1) is 0 Å². The van der Waals surface area contributed by atoms with Crippen LogP contribution < -0.4 is 5.32 Å². The molecular weight excluding hydrogens is 182 g/mol. The SMILES string of the molecule is C(#Cc1ccccc1)CC1CCCNC1. The van der Waals surface area contributed by atoms with Gasteiger partial charge in [-0.2, -0.15) is 0 Å². The average molecular weight is 199 g/mol. The number of rotatable bonds is 1. The lowest BCUT2D eigenvalue weighted by atomic mass is 9.96. The second-order valence-electron chi connectivity index (χ2n) is 4.08. The zero-order valence-electron chi connectivity index (χ0n) is 9.00. The van der Waals surface area contributed by atoms with E-state index >= 15 is 0 Å². The highest BCUT2D eigenvalue weighted by atomic mass is 14.9. The second-order valence-corrected chi connectivity index (χ2v) is 4.08. The van der Waals surface area contributed by atoms with Gasteiger partial charge in [-0.3, -0.25) is 0 Å². The summed E-state index contributed by atoms with van der Waals surface area (Å²) in [5.41, 5.74) is 1.13. The molecule has 0 amide bonds. The normalized spacial score (nSPS) is 20.4. The van der Waals surface area contributed by atoms with Gasteiger partial charge in [-0.1, -0.05) is 30.0 Å². The van der Waals surface area contributed by atoms with Crippen molar-refractivity contribution in [3.8, 4) is 11.8 Å². The molecule has 0 spiro atoms. The summed E-state index contributed by atoms with van der Waals surface area (Å²) >= 11 is 0. The van der Waals surface area contributed by atoms with Crippen molar-refractivity contribution in [2.75, 3.05) is 13.1 Å². The van der Waals surface area contributed by atoms with E-state index in [9.17, 15) is 0 Å². The fourth-order valence-corrected chi connectivity index (χ4v) is 1.92. The molecule has 1 heteroatoms. The first-order chi connectivity index (χ1) is 7.45. The summed E-state index contributed by atoms with van der Waals surface area (Å²) in [6.45, 7) is 2.33. The topological polar surface area (TPSA) is 12.0 Å². The Morgan fingerprint density at radius 1 is 1.27 bits per heavy atom. The van der Waals surface area contributed by atoms with Gasteiger partial charge in [-0.05, 0) is 44.0 Å². The first-order valence-corrected chi connectivity index (χ1v) is 5.70. The fourth-order valence-electron chi connectivity index (χ4n) is 1.92. The van der Waals surface area contributed by atoms with Crippen LogP contribution in [0.25, 0.3) is 0 Å². The first-order valence-electron chi connectivity index (χ1n) is 5.70. The summed E-state index contributed by atoms with van der Waals surface area (Å²) in [5.74, 6) is 7.25. The highest BCUT2D eigenvalue weighted by Gasteiger charge is 2.10. The lowest BCUT2D eigenvalue weighted by Gasteiger charge is -2.20. The Kier molecular flexibility index (Phi) is 3.82. The first kappa shape index (κ1) is 10.3. The molecule has 1 aromatic carbocycles. The van der Waals surface area contributed by atoms with Crippen LogP contribution in [0.15, 0.2) is 30.3 Å². The third-order valence-electron chi connectivity index (χ3n) is 2.80. The van der Waals surface area contributed by atoms with E-state index in [0.717, 1.165) is 24.4 Å². The van der Waals surface area contributed by atoms with Gasteiger partial charge in [0.2, 0.25) is 0 Å². The molecule has 0 bridgehead atoms. The monoisotopic (exact) mass is 199 g/mol. The molecule has 1 N–H and O–H groups in total. The second kappa shape index (κ2) is 5.58. The largest absolute Gasteiger partial charge is 0.316 e. The molecule has 1 saturated heterocycles. The minimum absolute atomic E-state index is 0.759. The Labute approximate surface area is 91.9 Å². The molecule has 1 atom stereocenters. The van der Waals surface area contributed by atoms with E-state index in [0.29, 0.717) is 0 Å². The summed E-state index contributed by atoms with van der Waals surface area (Å²) in [6.07, 6.45) is 3.66. The van der Waals surface area contributed by atoms with Crippen molar-refractivity contribution in [3.63, 3.8) is 0 Å². The maximum atomic E-state index is 3.42. The molecule has 1 heterocycles. The molecule has 0 saturated carbocycles. The van der Waals surface area contributed by atoms with Crippen molar-refractivity contribution in [2.24, 2.45) is 5.92 Å². The fraction of sp³-hybridized carbons (Fsp3) is 0.429. The minimum atomic E-state index is 0.759. The van der Waals surface area contributed by atoms with Crippen molar-refractivity contribution in [1.29, 1.82) is 0 Å². The van der Waals surface area contributed by atoms with Gasteiger partial charge in [0.25, 0.3) is 0 Å². The van der Waals surface area contributed by atoms with Gasteiger partial charge in [0, 0.05) is 12.0 Å². The maximum absolute atomic E-state index is 3.42. The number of hydrogen-bond acceptors (Lipinski definition) is 1. The smallest absolute Gasteiger partial charge is 0.0245 e.